The van der Waals surface area contributed by atoms with E-state index < -0.39 is 0 Å². The number of allylic oxidation sites excluding steroid dienone is 3. The predicted molar refractivity (Wildman–Crippen MR) is 83.6 cm³/mol. The van der Waals surface area contributed by atoms with Crippen LogP contribution >= 0.6 is 12.4 Å². The topological polar surface area (TPSA) is 29.5 Å². The van der Waals surface area contributed by atoms with Crippen LogP contribution in [0.25, 0.3) is 0 Å². The lowest BCUT2D eigenvalue weighted by molar-refractivity contribution is -0.124. The third-order valence-electron chi connectivity index (χ3n) is 5.28. The Balaban J connectivity index is 0.00000132. The maximum absolute atomic E-state index is 11.8. The van der Waals surface area contributed by atoms with Crippen molar-refractivity contribution in [2.24, 2.45) is 5.41 Å². The van der Waals surface area contributed by atoms with Crippen molar-refractivity contribution in [1.82, 2.24) is 4.90 Å². The van der Waals surface area contributed by atoms with Gasteiger partial charge in [-0.1, -0.05) is 12.5 Å². The summed E-state index contributed by atoms with van der Waals surface area (Å²) in [5, 5.41) is 0. The van der Waals surface area contributed by atoms with Crippen molar-refractivity contribution in [3.05, 3.63) is 35.5 Å². The van der Waals surface area contributed by atoms with Crippen molar-refractivity contribution in [3.63, 3.8) is 0 Å². The van der Waals surface area contributed by atoms with Gasteiger partial charge in [0.05, 0.1) is 11.1 Å². The summed E-state index contributed by atoms with van der Waals surface area (Å²) < 4.78 is 6.17. The zero-order valence-corrected chi connectivity index (χ0v) is 13.2. The number of ketones is 1. The van der Waals surface area contributed by atoms with Crippen molar-refractivity contribution in [2.75, 3.05) is 0 Å². The molecule has 1 spiro atoms. The fraction of sp³-hybridized carbons (Fsp3) is 0.588. The lowest BCUT2D eigenvalue weighted by Gasteiger charge is -2.43. The number of Topliss-reactive ketones (excluding diaryl/α,β-unsaturated/α-hetero) is 1. The number of halogens is 1. The van der Waals surface area contributed by atoms with Gasteiger partial charge in [0.1, 0.15) is 5.76 Å². The fourth-order valence-corrected chi connectivity index (χ4v) is 4.25. The number of rotatable bonds is 1. The maximum atomic E-state index is 11.8. The molecule has 2 fully saturated rings. The molecule has 0 aromatic carbocycles. The Bertz CT molecular complexity index is 563. The predicted octanol–water partition coefficient (Wildman–Crippen LogP) is 4.07. The monoisotopic (exact) mass is 307 g/mol. The van der Waals surface area contributed by atoms with E-state index in [1.807, 2.05) is 0 Å². The van der Waals surface area contributed by atoms with E-state index in [0.29, 0.717) is 0 Å². The summed E-state index contributed by atoms with van der Waals surface area (Å²) in [5.74, 6) is 1.30. The molecular formula is C17H22ClNO2. The summed E-state index contributed by atoms with van der Waals surface area (Å²) in [6, 6.07) is 0. The fourth-order valence-electron chi connectivity index (χ4n) is 4.25. The first kappa shape index (κ1) is 14.7. The smallest absolute Gasteiger partial charge is 0.170 e. The van der Waals surface area contributed by atoms with Crippen LogP contribution in [-0.4, -0.2) is 16.8 Å². The van der Waals surface area contributed by atoms with E-state index in [4.69, 9.17) is 4.74 Å². The minimum Gasteiger partial charge on any atom is -0.484 e. The normalized spacial score (nSPS) is 33.3. The van der Waals surface area contributed by atoms with Gasteiger partial charge in [-0.15, -0.1) is 12.4 Å². The van der Waals surface area contributed by atoms with E-state index >= 15 is 0 Å². The Labute approximate surface area is 132 Å². The van der Waals surface area contributed by atoms with Crippen LogP contribution in [0.5, 0.6) is 0 Å². The molecule has 3 heterocycles. The Kier molecular flexibility index (Phi) is 3.64. The van der Waals surface area contributed by atoms with Crippen LogP contribution in [-0.2, 0) is 9.53 Å². The first-order valence-corrected chi connectivity index (χ1v) is 7.78. The van der Waals surface area contributed by atoms with Crippen molar-refractivity contribution >= 4 is 18.2 Å². The summed E-state index contributed by atoms with van der Waals surface area (Å²) in [6.07, 6.45) is 14.2. The Morgan fingerprint density at radius 3 is 3.05 bits per heavy atom. The standard InChI is InChI=1S/C17H21NO2.ClH/c1-12(19)15-10-17-8-4-2-6-13(17)11-18-9-5-3-7-14(18)16(17)20-15;/h5,9,11,15H,2-4,6-8,10H2,1H3;1H. The quantitative estimate of drug-likeness (QED) is 0.731. The minimum atomic E-state index is -0.232. The zero-order valence-electron chi connectivity index (χ0n) is 12.4. The van der Waals surface area contributed by atoms with Crippen LogP contribution in [0.2, 0.25) is 0 Å². The number of carbonyl (C=O) groups is 1. The van der Waals surface area contributed by atoms with Gasteiger partial charge in [-0.25, -0.2) is 0 Å². The van der Waals surface area contributed by atoms with Gasteiger partial charge in [-0.3, -0.25) is 4.79 Å². The molecule has 1 saturated heterocycles. The molecule has 0 aromatic heterocycles. The van der Waals surface area contributed by atoms with Gasteiger partial charge in [0, 0.05) is 18.8 Å². The molecular weight excluding hydrogens is 286 g/mol. The molecule has 4 rings (SSSR count). The highest BCUT2D eigenvalue weighted by Gasteiger charge is 2.53. The summed E-state index contributed by atoms with van der Waals surface area (Å²) in [7, 11) is 0. The maximum Gasteiger partial charge on any atom is 0.170 e. The van der Waals surface area contributed by atoms with Crippen LogP contribution in [0.15, 0.2) is 35.5 Å². The van der Waals surface area contributed by atoms with Gasteiger partial charge >= 0.3 is 0 Å². The van der Waals surface area contributed by atoms with E-state index in [0.717, 1.165) is 37.9 Å². The highest BCUT2D eigenvalue weighted by molar-refractivity contribution is 5.85. The second-order valence-electron chi connectivity index (χ2n) is 6.47. The molecule has 0 bridgehead atoms. The zero-order chi connectivity index (χ0) is 13.7. The van der Waals surface area contributed by atoms with E-state index in [2.05, 4.69) is 23.4 Å². The highest BCUT2D eigenvalue weighted by Crippen LogP contribution is 2.58. The van der Waals surface area contributed by atoms with Crippen molar-refractivity contribution < 1.29 is 9.53 Å². The molecule has 1 aliphatic carbocycles. The number of hydrogen-bond donors (Lipinski definition) is 0. The Hall–Kier alpha value is -1.22. The van der Waals surface area contributed by atoms with E-state index in [-0.39, 0.29) is 29.7 Å². The molecule has 3 aliphatic heterocycles. The van der Waals surface area contributed by atoms with Crippen LogP contribution in [0.3, 0.4) is 0 Å². The lowest BCUT2D eigenvalue weighted by Crippen LogP contribution is -2.34. The van der Waals surface area contributed by atoms with Gasteiger partial charge in [-0.05, 0) is 44.6 Å². The molecule has 4 heteroatoms. The van der Waals surface area contributed by atoms with Gasteiger partial charge in [0.2, 0.25) is 0 Å². The molecule has 0 amide bonds. The van der Waals surface area contributed by atoms with Crippen molar-refractivity contribution in [1.29, 1.82) is 0 Å². The summed E-state index contributed by atoms with van der Waals surface area (Å²) in [5.41, 5.74) is 2.82. The molecule has 0 aromatic rings. The van der Waals surface area contributed by atoms with E-state index in [1.54, 1.807) is 6.92 Å². The van der Waals surface area contributed by atoms with Crippen LogP contribution in [0, 0.1) is 5.41 Å². The van der Waals surface area contributed by atoms with Crippen LogP contribution < -0.4 is 0 Å². The molecule has 21 heavy (non-hydrogen) atoms. The van der Waals surface area contributed by atoms with Gasteiger partial charge < -0.3 is 9.64 Å². The third kappa shape index (κ3) is 2.05. The summed E-state index contributed by atoms with van der Waals surface area (Å²) >= 11 is 0. The second-order valence-corrected chi connectivity index (χ2v) is 6.47. The van der Waals surface area contributed by atoms with E-state index in [9.17, 15) is 4.79 Å². The SMILES string of the molecule is CC(=O)C1CC23CCCCC2=CN2C=CCCC2=C3O1.Cl. The Morgan fingerprint density at radius 1 is 1.38 bits per heavy atom. The van der Waals surface area contributed by atoms with Gasteiger partial charge in [-0.2, -0.15) is 0 Å². The average molecular weight is 308 g/mol. The number of ether oxygens (including phenoxy) is 1. The largest absolute Gasteiger partial charge is 0.484 e. The van der Waals surface area contributed by atoms with Crippen molar-refractivity contribution in [3.8, 4) is 0 Å². The minimum absolute atomic E-state index is 0. The molecule has 2 atom stereocenters. The van der Waals surface area contributed by atoms with Gasteiger partial charge in [0.25, 0.3) is 0 Å². The van der Waals surface area contributed by atoms with Crippen LogP contribution in [0.1, 0.15) is 51.9 Å². The van der Waals surface area contributed by atoms with E-state index in [1.165, 1.54) is 24.1 Å². The molecule has 0 radical (unpaired) electrons. The molecule has 2 unspecified atom stereocenters. The number of carbonyl (C=O) groups excluding carboxylic acids is 1. The number of fused-ring (bicyclic) bond motifs is 1. The molecule has 4 aliphatic rings. The first-order valence-electron chi connectivity index (χ1n) is 7.78. The second kappa shape index (κ2) is 5.20. The van der Waals surface area contributed by atoms with Crippen LogP contribution in [0.4, 0.5) is 0 Å². The molecule has 1 saturated carbocycles. The van der Waals surface area contributed by atoms with Crippen molar-refractivity contribution in [2.45, 2.75) is 58.0 Å². The molecule has 114 valence electrons. The summed E-state index contributed by atoms with van der Waals surface area (Å²) in [4.78, 5) is 14.1. The third-order valence-corrected chi connectivity index (χ3v) is 5.28. The highest BCUT2D eigenvalue weighted by atomic mass is 35.5. The number of hydrogen-bond acceptors (Lipinski definition) is 3. The first-order chi connectivity index (χ1) is 9.71. The lowest BCUT2D eigenvalue weighted by atomic mass is 9.65. The summed E-state index contributed by atoms with van der Waals surface area (Å²) in [6.45, 7) is 1.66. The van der Waals surface area contributed by atoms with Gasteiger partial charge in [0.15, 0.2) is 11.9 Å². The Morgan fingerprint density at radius 2 is 2.24 bits per heavy atom. The number of nitrogens with zero attached hydrogens (tertiary/aromatic N) is 1. The average Bonchev–Trinajstić information content (AvgIpc) is 2.85. The molecule has 3 nitrogen and oxygen atoms in total. The molecule has 0 N–H and O–H groups in total.